The lowest BCUT2D eigenvalue weighted by molar-refractivity contribution is -0.139. The van der Waals surface area contributed by atoms with E-state index in [1.807, 2.05) is 17.9 Å². The molecule has 0 aromatic heterocycles. The Hall–Kier alpha value is -1.44. The van der Waals surface area contributed by atoms with Gasteiger partial charge in [0.2, 0.25) is 15.9 Å². The van der Waals surface area contributed by atoms with Crippen molar-refractivity contribution in [3.63, 3.8) is 0 Å². The molecule has 0 bridgehead atoms. The van der Waals surface area contributed by atoms with Crippen molar-refractivity contribution in [2.24, 2.45) is 0 Å². The number of likely N-dealkylation sites (tertiary alicyclic amines) is 1. The van der Waals surface area contributed by atoms with Crippen LogP contribution in [-0.2, 0) is 19.6 Å². The highest BCUT2D eigenvalue weighted by atomic mass is 32.2. The zero-order valence-corrected chi connectivity index (χ0v) is 17.7. The molecule has 1 aliphatic carbocycles. The average molecular weight is 409 g/mol. The number of amides is 1. The molecule has 1 aromatic rings. The number of piperidine rings is 1. The number of nitrogens with zero attached hydrogens (tertiary/aromatic N) is 1. The first-order chi connectivity index (χ1) is 13.4. The Labute approximate surface area is 168 Å². The molecule has 2 fully saturated rings. The number of carbonyl (C=O) groups is 1. The predicted octanol–water partition coefficient (Wildman–Crippen LogP) is 2.66. The van der Waals surface area contributed by atoms with E-state index in [1.165, 1.54) is 11.8 Å². The number of hydrogen-bond donors (Lipinski definition) is 1. The van der Waals surface area contributed by atoms with Gasteiger partial charge >= 0.3 is 0 Å². The third kappa shape index (κ3) is 5.55. The minimum atomic E-state index is -3.34. The van der Waals surface area contributed by atoms with Crippen molar-refractivity contribution in [2.45, 2.75) is 69.6 Å². The Morgan fingerprint density at radius 2 is 1.96 bits per heavy atom. The summed E-state index contributed by atoms with van der Waals surface area (Å²) >= 11 is 0. The van der Waals surface area contributed by atoms with Gasteiger partial charge in [-0.3, -0.25) is 4.79 Å². The van der Waals surface area contributed by atoms with Crippen molar-refractivity contribution in [3.8, 4) is 0 Å². The highest BCUT2D eigenvalue weighted by Gasteiger charge is 2.38. The van der Waals surface area contributed by atoms with Crippen LogP contribution in [0.15, 0.2) is 30.3 Å². The van der Waals surface area contributed by atoms with Crippen LogP contribution < -0.4 is 4.72 Å². The summed E-state index contributed by atoms with van der Waals surface area (Å²) < 4.78 is 32.5. The minimum Gasteiger partial charge on any atom is -0.376 e. The normalized spacial score (nSPS) is 28.0. The first kappa shape index (κ1) is 21.3. The van der Waals surface area contributed by atoms with Gasteiger partial charge in [0.15, 0.2) is 0 Å². The van der Waals surface area contributed by atoms with Crippen LogP contribution in [-0.4, -0.2) is 56.8 Å². The Kier molecular flexibility index (Phi) is 7.12. The third-order valence-corrected chi connectivity index (χ3v) is 6.53. The predicted molar refractivity (Wildman–Crippen MR) is 110 cm³/mol. The van der Waals surface area contributed by atoms with Gasteiger partial charge in [-0.15, -0.1) is 0 Å². The summed E-state index contributed by atoms with van der Waals surface area (Å²) in [6.45, 7) is 3.04. The molecule has 1 saturated heterocycles. The molecule has 3 rings (SSSR count). The standard InChI is InChI=1S/C21H32N2O4S/c1-3-8-21(24)23-12-7-11-19(22-28(2,25)26)20(23)15-27-18-13-17(14-18)16-9-5-4-6-10-16/h4-6,9-10,17-20,22H,3,7-8,11-15H2,1-2H3/t17?,18?,19-,20-/m0/s1. The summed E-state index contributed by atoms with van der Waals surface area (Å²) in [5.74, 6) is 0.618. The van der Waals surface area contributed by atoms with Gasteiger partial charge in [0.05, 0.1) is 25.0 Å². The summed E-state index contributed by atoms with van der Waals surface area (Å²) in [5.41, 5.74) is 1.34. The molecule has 0 radical (unpaired) electrons. The fraction of sp³-hybridized carbons (Fsp3) is 0.667. The second kappa shape index (κ2) is 9.37. The average Bonchev–Trinajstić information content (AvgIpc) is 2.61. The second-order valence-electron chi connectivity index (χ2n) is 8.08. The zero-order chi connectivity index (χ0) is 20.1. The van der Waals surface area contributed by atoms with E-state index in [4.69, 9.17) is 4.74 Å². The SMILES string of the molecule is CCCC(=O)N1CCC[C@H](NS(C)(=O)=O)[C@@H]1COC1CC(c2ccccc2)C1. The van der Waals surface area contributed by atoms with Crippen LogP contribution in [0.1, 0.15) is 56.9 Å². The molecule has 1 saturated carbocycles. The molecule has 156 valence electrons. The number of rotatable bonds is 8. The van der Waals surface area contributed by atoms with Crippen molar-refractivity contribution in [1.29, 1.82) is 0 Å². The maximum Gasteiger partial charge on any atom is 0.222 e. The van der Waals surface area contributed by atoms with Crippen LogP contribution in [0.25, 0.3) is 0 Å². The summed E-state index contributed by atoms with van der Waals surface area (Å²) in [4.78, 5) is 14.4. The number of sulfonamides is 1. The smallest absolute Gasteiger partial charge is 0.222 e. The van der Waals surface area contributed by atoms with Gasteiger partial charge in [-0.2, -0.15) is 0 Å². The quantitative estimate of drug-likeness (QED) is 0.718. The monoisotopic (exact) mass is 408 g/mol. The van der Waals surface area contributed by atoms with E-state index in [-0.39, 0.29) is 24.1 Å². The lowest BCUT2D eigenvalue weighted by Gasteiger charge is -2.43. The Balaban J connectivity index is 1.60. The van der Waals surface area contributed by atoms with E-state index >= 15 is 0 Å². The van der Waals surface area contributed by atoms with Crippen LogP contribution in [0.2, 0.25) is 0 Å². The van der Waals surface area contributed by atoms with Crippen LogP contribution in [0.5, 0.6) is 0 Å². The molecular weight excluding hydrogens is 376 g/mol. The lowest BCUT2D eigenvalue weighted by atomic mass is 9.77. The number of ether oxygens (including phenoxy) is 1. The third-order valence-electron chi connectivity index (χ3n) is 5.80. The molecule has 0 unspecified atom stereocenters. The van der Waals surface area contributed by atoms with Crippen molar-refractivity contribution in [2.75, 3.05) is 19.4 Å². The summed E-state index contributed by atoms with van der Waals surface area (Å²) in [6, 6.07) is 9.93. The molecule has 1 N–H and O–H groups in total. The highest BCUT2D eigenvalue weighted by molar-refractivity contribution is 7.88. The van der Waals surface area contributed by atoms with E-state index in [2.05, 4.69) is 29.0 Å². The zero-order valence-electron chi connectivity index (χ0n) is 16.8. The van der Waals surface area contributed by atoms with Crippen LogP contribution in [0.3, 0.4) is 0 Å². The topological polar surface area (TPSA) is 75.7 Å². The van der Waals surface area contributed by atoms with Crippen LogP contribution in [0.4, 0.5) is 0 Å². The highest BCUT2D eigenvalue weighted by Crippen LogP contribution is 2.38. The Morgan fingerprint density at radius 1 is 1.25 bits per heavy atom. The molecule has 1 aromatic carbocycles. The van der Waals surface area contributed by atoms with E-state index < -0.39 is 10.0 Å². The van der Waals surface area contributed by atoms with Crippen LogP contribution >= 0.6 is 0 Å². The number of hydrogen-bond acceptors (Lipinski definition) is 4. The van der Waals surface area contributed by atoms with Gasteiger partial charge < -0.3 is 9.64 Å². The van der Waals surface area contributed by atoms with Gasteiger partial charge in [0.25, 0.3) is 0 Å². The summed E-state index contributed by atoms with van der Waals surface area (Å²) in [7, 11) is -3.34. The van der Waals surface area contributed by atoms with Crippen molar-refractivity contribution in [3.05, 3.63) is 35.9 Å². The molecule has 28 heavy (non-hydrogen) atoms. The van der Waals surface area contributed by atoms with Gasteiger partial charge in [0, 0.05) is 19.0 Å². The Morgan fingerprint density at radius 3 is 2.61 bits per heavy atom. The Bertz CT molecular complexity index is 747. The van der Waals surface area contributed by atoms with E-state index in [0.29, 0.717) is 25.5 Å². The fourth-order valence-electron chi connectivity index (χ4n) is 4.28. The van der Waals surface area contributed by atoms with Crippen molar-refractivity contribution in [1.82, 2.24) is 9.62 Å². The van der Waals surface area contributed by atoms with Crippen molar-refractivity contribution >= 4 is 15.9 Å². The fourth-order valence-corrected chi connectivity index (χ4v) is 5.10. The first-order valence-corrected chi connectivity index (χ1v) is 12.2. The molecule has 1 heterocycles. The summed E-state index contributed by atoms with van der Waals surface area (Å²) in [6.07, 6.45) is 6.11. The lowest BCUT2D eigenvalue weighted by Crippen LogP contribution is -2.59. The number of benzene rings is 1. The maximum atomic E-state index is 12.6. The molecule has 6 nitrogen and oxygen atoms in total. The van der Waals surface area contributed by atoms with Gasteiger partial charge in [0.1, 0.15) is 0 Å². The van der Waals surface area contributed by atoms with Gasteiger partial charge in [-0.25, -0.2) is 13.1 Å². The van der Waals surface area contributed by atoms with Gasteiger partial charge in [-0.1, -0.05) is 37.3 Å². The molecule has 2 atom stereocenters. The van der Waals surface area contributed by atoms with Crippen LogP contribution in [0, 0.1) is 0 Å². The van der Waals surface area contributed by atoms with E-state index in [1.54, 1.807) is 0 Å². The van der Waals surface area contributed by atoms with Crippen molar-refractivity contribution < 1.29 is 17.9 Å². The van der Waals surface area contributed by atoms with Gasteiger partial charge in [-0.05, 0) is 43.6 Å². The molecular formula is C21H32N2O4S. The molecule has 1 aliphatic heterocycles. The second-order valence-corrected chi connectivity index (χ2v) is 9.86. The number of nitrogens with one attached hydrogen (secondary N) is 1. The summed E-state index contributed by atoms with van der Waals surface area (Å²) in [5, 5.41) is 0. The largest absolute Gasteiger partial charge is 0.376 e. The first-order valence-electron chi connectivity index (χ1n) is 10.3. The molecule has 2 aliphatic rings. The van der Waals surface area contributed by atoms with E-state index in [9.17, 15) is 13.2 Å². The number of carbonyl (C=O) groups excluding carboxylic acids is 1. The van der Waals surface area contributed by atoms with E-state index in [0.717, 1.165) is 32.1 Å². The molecule has 0 spiro atoms. The maximum absolute atomic E-state index is 12.6. The molecule has 7 heteroatoms. The minimum absolute atomic E-state index is 0.0897. The molecule has 1 amide bonds.